The van der Waals surface area contributed by atoms with Gasteiger partial charge in [0.1, 0.15) is 0 Å². The molecule has 0 saturated heterocycles. The minimum atomic E-state index is -0.370. The van der Waals surface area contributed by atoms with Crippen molar-refractivity contribution in [2.24, 2.45) is 17.3 Å². The molecule has 0 aliphatic heterocycles. The van der Waals surface area contributed by atoms with Gasteiger partial charge in [-0.25, -0.2) is 5.84 Å². The standard InChI is InChI=1S/C27H35N9O2/c28-15-26(37)34-16-27(38)33-14-11-21-7-9-25(10-8-21)36(30)18-22(29)17-35(19-23-5-1-3-12-31-23)20-24-6-2-4-13-32-24/h1-10,12-13,18H,11,14-17,19-20,28-30H2,(H,33,38)(H,34,37)/b22-18-. The molecular weight excluding hydrogens is 482 g/mol. The lowest BCUT2D eigenvalue weighted by Gasteiger charge is -2.23. The number of benzene rings is 1. The van der Waals surface area contributed by atoms with Crippen molar-refractivity contribution in [1.29, 1.82) is 0 Å². The van der Waals surface area contributed by atoms with E-state index in [1.807, 2.05) is 60.7 Å². The number of hydrogen-bond donors (Lipinski definition) is 5. The molecule has 0 fully saturated rings. The SMILES string of the molecule is NCC(=O)NCC(=O)NCCc1ccc(N(N)/C=C(\N)CN(Cc2ccccn2)Cc2ccccn2)cc1. The quantitative estimate of drug-likeness (QED) is 0.150. The van der Waals surface area contributed by atoms with Crippen molar-refractivity contribution in [3.05, 3.63) is 102 Å². The summed E-state index contributed by atoms with van der Waals surface area (Å²) in [6.45, 7) is 1.91. The average Bonchev–Trinajstić information content (AvgIpc) is 2.93. The van der Waals surface area contributed by atoms with Crippen LogP contribution in [0.2, 0.25) is 0 Å². The van der Waals surface area contributed by atoms with Crippen LogP contribution < -0.4 is 33.0 Å². The lowest BCUT2D eigenvalue weighted by molar-refractivity contribution is -0.125. The number of nitrogens with two attached hydrogens (primary N) is 3. The van der Waals surface area contributed by atoms with Crippen LogP contribution in [0, 0.1) is 0 Å². The summed E-state index contributed by atoms with van der Waals surface area (Å²) in [4.78, 5) is 33.9. The second-order valence-corrected chi connectivity index (χ2v) is 8.65. The average molecular weight is 518 g/mol. The van der Waals surface area contributed by atoms with Crippen molar-refractivity contribution in [3.8, 4) is 0 Å². The van der Waals surface area contributed by atoms with Gasteiger partial charge in [0.05, 0.1) is 30.2 Å². The largest absolute Gasteiger partial charge is 0.400 e. The summed E-state index contributed by atoms with van der Waals surface area (Å²) in [5.41, 5.74) is 15.8. The summed E-state index contributed by atoms with van der Waals surface area (Å²) in [6, 6.07) is 19.3. The van der Waals surface area contributed by atoms with Gasteiger partial charge in [-0.2, -0.15) is 0 Å². The Kier molecular flexibility index (Phi) is 11.2. The molecule has 2 aromatic heterocycles. The molecule has 11 nitrogen and oxygen atoms in total. The monoisotopic (exact) mass is 517 g/mol. The van der Waals surface area contributed by atoms with E-state index in [-0.39, 0.29) is 24.9 Å². The van der Waals surface area contributed by atoms with Gasteiger partial charge in [-0.15, -0.1) is 0 Å². The number of carbonyl (C=O) groups excluding carboxylic acids is 2. The lowest BCUT2D eigenvalue weighted by Crippen LogP contribution is -2.40. The highest BCUT2D eigenvalue weighted by molar-refractivity contribution is 5.85. The fraction of sp³-hybridized carbons (Fsp3) is 0.259. The highest BCUT2D eigenvalue weighted by Gasteiger charge is 2.11. The Hall–Kier alpha value is -4.32. The molecule has 3 aromatic rings. The van der Waals surface area contributed by atoms with Crippen LogP contribution in [0.15, 0.2) is 85.0 Å². The highest BCUT2D eigenvalue weighted by atomic mass is 16.2. The summed E-state index contributed by atoms with van der Waals surface area (Å²) in [5, 5.41) is 6.68. The van der Waals surface area contributed by atoms with Crippen LogP contribution in [0.25, 0.3) is 0 Å². The van der Waals surface area contributed by atoms with Crippen molar-refractivity contribution in [2.75, 3.05) is 31.2 Å². The Labute approximate surface area is 222 Å². The number of carbonyl (C=O) groups is 2. The van der Waals surface area contributed by atoms with Crippen molar-refractivity contribution >= 4 is 17.5 Å². The minimum Gasteiger partial charge on any atom is -0.400 e. The van der Waals surface area contributed by atoms with Crippen molar-refractivity contribution in [1.82, 2.24) is 25.5 Å². The fourth-order valence-electron chi connectivity index (χ4n) is 3.66. The van der Waals surface area contributed by atoms with Crippen LogP contribution in [-0.2, 0) is 29.1 Å². The van der Waals surface area contributed by atoms with E-state index in [1.54, 1.807) is 18.6 Å². The molecular formula is C27H35N9O2. The van der Waals surface area contributed by atoms with E-state index in [0.717, 1.165) is 22.6 Å². The summed E-state index contributed by atoms with van der Waals surface area (Å²) >= 11 is 0. The Morgan fingerprint density at radius 3 is 2.05 bits per heavy atom. The molecule has 0 spiro atoms. The van der Waals surface area contributed by atoms with Gasteiger partial charge in [0, 0.05) is 50.5 Å². The van der Waals surface area contributed by atoms with Crippen LogP contribution in [-0.4, -0.2) is 52.9 Å². The molecule has 8 N–H and O–H groups in total. The third kappa shape index (κ3) is 9.97. The smallest absolute Gasteiger partial charge is 0.239 e. The van der Waals surface area contributed by atoms with E-state index in [2.05, 4.69) is 25.5 Å². The van der Waals surface area contributed by atoms with E-state index in [0.29, 0.717) is 38.3 Å². The first kappa shape index (κ1) is 28.3. The summed E-state index contributed by atoms with van der Waals surface area (Å²) in [6.07, 6.45) is 5.88. The number of nitrogens with one attached hydrogen (secondary N) is 2. The molecule has 0 radical (unpaired) electrons. The third-order valence-electron chi connectivity index (χ3n) is 5.54. The van der Waals surface area contributed by atoms with Crippen molar-refractivity contribution in [2.45, 2.75) is 19.5 Å². The molecule has 200 valence electrons. The number of pyridine rings is 2. The molecule has 0 aliphatic rings. The highest BCUT2D eigenvalue weighted by Crippen LogP contribution is 2.14. The number of hydrogen-bond acceptors (Lipinski definition) is 9. The van der Waals surface area contributed by atoms with Gasteiger partial charge in [-0.05, 0) is 48.4 Å². The van der Waals surface area contributed by atoms with Gasteiger partial charge < -0.3 is 22.1 Å². The summed E-state index contributed by atoms with van der Waals surface area (Å²) in [5.74, 6) is 5.63. The van der Waals surface area contributed by atoms with Gasteiger partial charge in [-0.3, -0.25) is 29.5 Å². The number of rotatable bonds is 14. The van der Waals surface area contributed by atoms with Gasteiger partial charge in [-0.1, -0.05) is 24.3 Å². The molecule has 38 heavy (non-hydrogen) atoms. The first-order valence-electron chi connectivity index (χ1n) is 12.3. The van der Waals surface area contributed by atoms with Crippen LogP contribution in [0.1, 0.15) is 17.0 Å². The van der Waals surface area contributed by atoms with E-state index in [9.17, 15) is 9.59 Å². The van der Waals surface area contributed by atoms with Crippen LogP contribution in [0.5, 0.6) is 0 Å². The first-order valence-corrected chi connectivity index (χ1v) is 12.3. The van der Waals surface area contributed by atoms with Crippen LogP contribution in [0.3, 0.4) is 0 Å². The van der Waals surface area contributed by atoms with Crippen molar-refractivity contribution < 1.29 is 9.59 Å². The Bertz CT molecular complexity index is 1130. The zero-order valence-corrected chi connectivity index (χ0v) is 21.3. The van der Waals surface area contributed by atoms with Gasteiger partial charge >= 0.3 is 0 Å². The molecule has 0 unspecified atom stereocenters. The second kappa shape index (κ2) is 15.1. The normalized spacial score (nSPS) is 11.3. The molecule has 2 amide bonds. The zero-order valence-electron chi connectivity index (χ0n) is 21.3. The maximum absolute atomic E-state index is 11.8. The van der Waals surface area contributed by atoms with Crippen LogP contribution >= 0.6 is 0 Å². The number of amides is 2. The maximum atomic E-state index is 11.8. The van der Waals surface area contributed by atoms with Gasteiger partial charge in [0.25, 0.3) is 0 Å². The summed E-state index contributed by atoms with van der Waals surface area (Å²) < 4.78 is 0. The Morgan fingerprint density at radius 1 is 0.868 bits per heavy atom. The Morgan fingerprint density at radius 2 is 1.50 bits per heavy atom. The van der Waals surface area contributed by atoms with E-state index in [4.69, 9.17) is 17.3 Å². The molecule has 11 heteroatoms. The first-order chi connectivity index (χ1) is 18.4. The molecule has 0 aliphatic carbocycles. The number of anilines is 1. The van der Waals surface area contributed by atoms with Gasteiger partial charge in [0.2, 0.25) is 11.8 Å². The topological polar surface area (TPSA) is 169 Å². The fourth-order valence-corrected chi connectivity index (χ4v) is 3.66. The molecule has 3 rings (SSSR count). The molecule has 2 heterocycles. The van der Waals surface area contributed by atoms with Crippen molar-refractivity contribution in [3.63, 3.8) is 0 Å². The predicted molar refractivity (Wildman–Crippen MR) is 147 cm³/mol. The van der Waals surface area contributed by atoms with Gasteiger partial charge in [0.15, 0.2) is 0 Å². The number of nitrogens with zero attached hydrogens (tertiary/aromatic N) is 4. The Balaban J connectivity index is 1.54. The maximum Gasteiger partial charge on any atom is 0.239 e. The molecule has 0 atom stereocenters. The minimum absolute atomic E-state index is 0.0913. The molecule has 0 bridgehead atoms. The predicted octanol–water partition coefficient (Wildman–Crippen LogP) is 0.393. The number of hydrazine groups is 1. The van der Waals surface area contributed by atoms with E-state index >= 15 is 0 Å². The second-order valence-electron chi connectivity index (χ2n) is 8.65. The molecule has 1 aromatic carbocycles. The third-order valence-corrected chi connectivity index (χ3v) is 5.54. The van der Waals surface area contributed by atoms with Crippen LogP contribution in [0.4, 0.5) is 5.69 Å². The van der Waals surface area contributed by atoms with E-state index < -0.39 is 0 Å². The lowest BCUT2D eigenvalue weighted by atomic mass is 10.1. The zero-order chi connectivity index (χ0) is 27.2. The summed E-state index contributed by atoms with van der Waals surface area (Å²) in [7, 11) is 0. The molecule has 0 saturated carbocycles. The number of aromatic nitrogens is 2. The van der Waals surface area contributed by atoms with E-state index in [1.165, 1.54) is 5.01 Å².